The van der Waals surface area contributed by atoms with Crippen LogP contribution in [0.2, 0.25) is 15.1 Å². The standard InChI is InChI=1S/C30H34Cl3N3O5S/c1-5-20(3)34-30(38)21(4)35(18-22-7-8-24(32)17-28(22)33)29(37)19-36(25-11-13-26(14-12-25)41-6-2)42(39,40)27-15-9-23(31)10-16-27/h7-17,20-21H,5-6,18-19H2,1-4H3,(H,34,38)/t20-,21+/m1/s1. The van der Waals surface area contributed by atoms with E-state index in [4.69, 9.17) is 39.5 Å². The third-order valence-corrected chi connectivity index (χ3v) is 9.27. The molecule has 0 bridgehead atoms. The van der Waals surface area contributed by atoms with Crippen LogP contribution in [0.25, 0.3) is 0 Å². The first-order valence-electron chi connectivity index (χ1n) is 13.4. The minimum Gasteiger partial charge on any atom is -0.494 e. The second-order valence-corrected chi connectivity index (χ2v) is 12.8. The Morgan fingerprint density at radius 2 is 1.52 bits per heavy atom. The van der Waals surface area contributed by atoms with Crippen molar-refractivity contribution in [2.75, 3.05) is 17.5 Å². The number of carbonyl (C=O) groups is 2. The molecular weight excluding hydrogens is 621 g/mol. The van der Waals surface area contributed by atoms with Crippen molar-refractivity contribution in [3.8, 4) is 5.75 Å². The molecule has 0 saturated heterocycles. The number of benzene rings is 3. The van der Waals surface area contributed by atoms with Crippen molar-refractivity contribution >= 4 is 62.3 Å². The van der Waals surface area contributed by atoms with Gasteiger partial charge < -0.3 is 15.0 Å². The molecule has 1 N–H and O–H groups in total. The Morgan fingerprint density at radius 1 is 0.905 bits per heavy atom. The van der Waals surface area contributed by atoms with Gasteiger partial charge in [0.15, 0.2) is 0 Å². The molecular formula is C30H34Cl3N3O5S. The smallest absolute Gasteiger partial charge is 0.264 e. The van der Waals surface area contributed by atoms with Crippen molar-refractivity contribution < 1.29 is 22.7 Å². The van der Waals surface area contributed by atoms with E-state index in [2.05, 4.69) is 5.32 Å². The topological polar surface area (TPSA) is 96.0 Å². The van der Waals surface area contributed by atoms with Gasteiger partial charge in [-0.15, -0.1) is 0 Å². The van der Waals surface area contributed by atoms with E-state index in [1.807, 2.05) is 20.8 Å². The maximum atomic E-state index is 14.0. The molecule has 3 aromatic carbocycles. The number of hydrogen-bond donors (Lipinski definition) is 1. The lowest BCUT2D eigenvalue weighted by molar-refractivity contribution is -0.139. The molecule has 0 radical (unpaired) electrons. The number of rotatable bonds is 13. The molecule has 0 unspecified atom stereocenters. The molecule has 8 nitrogen and oxygen atoms in total. The number of nitrogens with zero attached hydrogens (tertiary/aromatic N) is 2. The molecule has 3 rings (SSSR count). The highest BCUT2D eigenvalue weighted by molar-refractivity contribution is 7.92. The number of amides is 2. The average Bonchev–Trinajstić information content (AvgIpc) is 2.95. The second-order valence-electron chi connectivity index (χ2n) is 9.64. The molecule has 0 aliphatic carbocycles. The molecule has 2 atom stereocenters. The SMILES string of the molecule is CCOc1ccc(N(CC(=O)N(Cc2ccc(Cl)cc2Cl)[C@@H](C)C(=O)N[C@H](C)CC)S(=O)(=O)c2ccc(Cl)cc2)cc1. The van der Waals surface area contributed by atoms with Gasteiger partial charge in [-0.05, 0) is 93.4 Å². The van der Waals surface area contributed by atoms with Crippen LogP contribution in [0.5, 0.6) is 5.75 Å². The van der Waals surface area contributed by atoms with Crippen LogP contribution >= 0.6 is 34.8 Å². The molecule has 0 spiro atoms. The molecule has 0 aromatic heterocycles. The average molecular weight is 655 g/mol. The summed E-state index contributed by atoms with van der Waals surface area (Å²) >= 11 is 18.5. The molecule has 226 valence electrons. The van der Waals surface area contributed by atoms with Crippen LogP contribution < -0.4 is 14.4 Å². The number of ether oxygens (including phenoxy) is 1. The van der Waals surface area contributed by atoms with Gasteiger partial charge >= 0.3 is 0 Å². The Bertz CT molecular complexity index is 1490. The summed E-state index contributed by atoms with van der Waals surface area (Å²) in [6.07, 6.45) is 0.695. The number of sulfonamides is 1. The van der Waals surface area contributed by atoms with Gasteiger partial charge in [-0.25, -0.2) is 8.42 Å². The van der Waals surface area contributed by atoms with E-state index < -0.39 is 28.5 Å². The van der Waals surface area contributed by atoms with Gasteiger partial charge in [-0.3, -0.25) is 13.9 Å². The number of nitrogens with one attached hydrogen (secondary N) is 1. The normalized spacial score (nSPS) is 12.7. The zero-order valence-electron chi connectivity index (χ0n) is 23.8. The quantitative estimate of drug-likeness (QED) is 0.225. The first-order valence-corrected chi connectivity index (χ1v) is 16.0. The van der Waals surface area contributed by atoms with E-state index in [0.29, 0.717) is 39.4 Å². The van der Waals surface area contributed by atoms with Crippen molar-refractivity contribution in [3.63, 3.8) is 0 Å². The molecule has 12 heteroatoms. The molecule has 42 heavy (non-hydrogen) atoms. The van der Waals surface area contributed by atoms with Crippen molar-refractivity contribution in [3.05, 3.63) is 87.4 Å². The summed E-state index contributed by atoms with van der Waals surface area (Å²) in [5.41, 5.74) is 0.786. The van der Waals surface area contributed by atoms with Crippen LogP contribution in [-0.2, 0) is 26.2 Å². The fraction of sp³-hybridized carbons (Fsp3) is 0.333. The van der Waals surface area contributed by atoms with Crippen LogP contribution in [0.4, 0.5) is 5.69 Å². The van der Waals surface area contributed by atoms with E-state index in [1.54, 1.807) is 49.4 Å². The minimum atomic E-state index is -4.24. The lowest BCUT2D eigenvalue weighted by atomic mass is 10.1. The highest BCUT2D eigenvalue weighted by atomic mass is 35.5. The highest BCUT2D eigenvalue weighted by Crippen LogP contribution is 2.28. The second kappa shape index (κ2) is 15.0. The lowest BCUT2D eigenvalue weighted by Gasteiger charge is -2.32. The van der Waals surface area contributed by atoms with Gasteiger partial charge in [0.05, 0.1) is 17.2 Å². The maximum Gasteiger partial charge on any atom is 0.264 e. The summed E-state index contributed by atoms with van der Waals surface area (Å²) in [5, 5.41) is 3.99. The molecule has 0 fully saturated rings. The fourth-order valence-corrected chi connectivity index (χ4v) is 6.03. The first-order chi connectivity index (χ1) is 19.9. The maximum absolute atomic E-state index is 14.0. The van der Waals surface area contributed by atoms with E-state index in [1.165, 1.54) is 29.2 Å². The largest absolute Gasteiger partial charge is 0.494 e. The van der Waals surface area contributed by atoms with E-state index in [9.17, 15) is 18.0 Å². The minimum absolute atomic E-state index is 0.0524. The van der Waals surface area contributed by atoms with E-state index in [0.717, 1.165) is 4.31 Å². The van der Waals surface area contributed by atoms with Gasteiger partial charge in [0, 0.05) is 27.7 Å². The summed E-state index contributed by atoms with van der Waals surface area (Å²) < 4.78 is 34.3. The molecule has 3 aromatic rings. The molecule has 0 heterocycles. The van der Waals surface area contributed by atoms with Gasteiger partial charge in [0.25, 0.3) is 10.0 Å². The summed E-state index contributed by atoms with van der Waals surface area (Å²) in [4.78, 5) is 28.5. The molecule has 0 aliphatic heterocycles. The zero-order chi connectivity index (χ0) is 31.0. The summed E-state index contributed by atoms with van der Waals surface area (Å²) in [6.45, 7) is 7.01. The van der Waals surface area contributed by atoms with Gasteiger partial charge in [-0.1, -0.05) is 47.8 Å². The van der Waals surface area contributed by atoms with Crippen LogP contribution in [0.1, 0.15) is 39.7 Å². The monoisotopic (exact) mass is 653 g/mol. The summed E-state index contributed by atoms with van der Waals surface area (Å²) in [5.74, 6) is -0.444. The van der Waals surface area contributed by atoms with E-state index in [-0.39, 0.29) is 29.1 Å². The van der Waals surface area contributed by atoms with Crippen molar-refractivity contribution in [2.24, 2.45) is 0 Å². The Morgan fingerprint density at radius 3 is 2.10 bits per heavy atom. The Labute approximate surface area is 262 Å². The third kappa shape index (κ3) is 8.53. The molecule has 2 amide bonds. The molecule has 0 saturated carbocycles. The summed E-state index contributed by atoms with van der Waals surface area (Å²) in [7, 11) is -4.24. The number of halogens is 3. The summed E-state index contributed by atoms with van der Waals surface area (Å²) in [6, 6.07) is 15.8. The third-order valence-electron chi connectivity index (χ3n) is 6.64. The van der Waals surface area contributed by atoms with Gasteiger partial charge in [0.2, 0.25) is 11.8 Å². The van der Waals surface area contributed by atoms with Crippen LogP contribution in [0.15, 0.2) is 71.6 Å². The molecule has 0 aliphatic rings. The van der Waals surface area contributed by atoms with Crippen LogP contribution in [0.3, 0.4) is 0 Å². The van der Waals surface area contributed by atoms with Crippen molar-refractivity contribution in [2.45, 2.75) is 57.6 Å². The highest BCUT2D eigenvalue weighted by Gasteiger charge is 2.33. The first kappa shape index (κ1) is 33.5. The Hall–Kier alpha value is -2.98. The number of carbonyl (C=O) groups excluding carboxylic acids is 2. The number of hydrogen-bond acceptors (Lipinski definition) is 5. The zero-order valence-corrected chi connectivity index (χ0v) is 26.9. The van der Waals surface area contributed by atoms with Gasteiger partial charge in [-0.2, -0.15) is 0 Å². The van der Waals surface area contributed by atoms with Crippen molar-refractivity contribution in [1.29, 1.82) is 0 Å². The predicted molar refractivity (Wildman–Crippen MR) is 168 cm³/mol. The van der Waals surface area contributed by atoms with Crippen LogP contribution in [-0.4, -0.2) is 50.4 Å². The predicted octanol–water partition coefficient (Wildman–Crippen LogP) is 6.57. The van der Waals surface area contributed by atoms with Gasteiger partial charge in [0.1, 0.15) is 18.3 Å². The van der Waals surface area contributed by atoms with E-state index >= 15 is 0 Å². The Kier molecular flexibility index (Phi) is 11.9. The number of anilines is 1. The van der Waals surface area contributed by atoms with Crippen LogP contribution in [0, 0.1) is 0 Å². The fourth-order valence-electron chi connectivity index (χ4n) is 4.02. The Balaban J connectivity index is 2.05. The lowest BCUT2D eigenvalue weighted by Crippen LogP contribution is -2.52. The van der Waals surface area contributed by atoms with Crippen molar-refractivity contribution in [1.82, 2.24) is 10.2 Å².